The van der Waals surface area contributed by atoms with Crippen molar-refractivity contribution in [3.05, 3.63) is 72.7 Å². The van der Waals surface area contributed by atoms with Crippen LogP contribution in [0.4, 0.5) is 0 Å². The zero-order valence-corrected chi connectivity index (χ0v) is 17.3. The summed E-state index contributed by atoms with van der Waals surface area (Å²) in [5.41, 5.74) is 7.05. The molecule has 4 aromatic rings. The molecule has 2 heterocycles. The van der Waals surface area contributed by atoms with Crippen molar-refractivity contribution in [3.8, 4) is 28.0 Å². The molecule has 1 N–H and O–H groups in total. The van der Waals surface area contributed by atoms with E-state index in [-0.39, 0.29) is 0 Å². The lowest BCUT2D eigenvalue weighted by atomic mass is 9.98. The Kier molecular flexibility index (Phi) is 5.63. The maximum absolute atomic E-state index is 5.39. The molecule has 148 valence electrons. The molecule has 4 nitrogen and oxygen atoms in total. The molecular formula is C25H27N3O. The van der Waals surface area contributed by atoms with Gasteiger partial charge in [-0.05, 0) is 63.3 Å². The minimum Gasteiger partial charge on any atom is -0.497 e. The van der Waals surface area contributed by atoms with Crippen LogP contribution in [-0.4, -0.2) is 42.6 Å². The molecule has 0 aliphatic carbocycles. The van der Waals surface area contributed by atoms with E-state index in [1.54, 1.807) is 7.11 Å². The lowest BCUT2D eigenvalue weighted by Gasteiger charge is -2.11. The van der Waals surface area contributed by atoms with Gasteiger partial charge in [0, 0.05) is 45.7 Å². The average molecular weight is 386 g/mol. The number of para-hydroxylation sites is 1. The molecule has 0 aliphatic heterocycles. The molecule has 2 aromatic carbocycles. The van der Waals surface area contributed by atoms with Crippen LogP contribution >= 0.6 is 0 Å². The number of methoxy groups -OCH3 is 1. The zero-order chi connectivity index (χ0) is 20.2. The first-order valence-electron chi connectivity index (χ1n) is 10.00. The summed E-state index contributed by atoms with van der Waals surface area (Å²) in [5.74, 6) is 0.851. The Morgan fingerprint density at radius 1 is 0.931 bits per heavy atom. The molecule has 0 bridgehead atoms. The second-order valence-electron chi connectivity index (χ2n) is 7.63. The largest absolute Gasteiger partial charge is 0.497 e. The van der Waals surface area contributed by atoms with E-state index in [0.29, 0.717) is 0 Å². The SMILES string of the molecule is COc1cccc(-c2cncc(-c3c(CCCN(C)C)[nH]c4ccccc34)c2)c1. The third-order valence-corrected chi connectivity index (χ3v) is 5.25. The van der Waals surface area contributed by atoms with Crippen LogP contribution in [0.1, 0.15) is 12.1 Å². The van der Waals surface area contributed by atoms with Crippen molar-refractivity contribution in [1.82, 2.24) is 14.9 Å². The van der Waals surface area contributed by atoms with Gasteiger partial charge in [-0.3, -0.25) is 4.98 Å². The van der Waals surface area contributed by atoms with Gasteiger partial charge >= 0.3 is 0 Å². The Morgan fingerprint density at radius 2 is 1.76 bits per heavy atom. The van der Waals surface area contributed by atoms with E-state index in [0.717, 1.165) is 41.8 Å². The number of nitrogens with zero attached hydrogens (tertiary/aromatic N) is 2. The van der Waals surface area contributed by atoms with Crippen LogP contribution in [0.5, 0.6) is 5.75 Å². The van der Waals surface area contributed by atoms with Gasteiger partial charge in [-0.15, -0.1) is 0 Å². The van der Waals surface area contributed by atoms with Crippen LogP contribution < -0.4 is 4.74 Å². The number of aromatic nitrogens is 2. The van der Waals surface area contributed by atoms with E-state index in [1.807, 2.05) is 30.6 Å². The third kappa shape index (κ3) is 4.17. The smallest absolute Gasteiger partial charge is 0.119 e. The number of aryl methyl sites for hydroxylation is 1. The summed E-state index contributed by atoms with van der Waals surface area (Å²) in [7, 11) is 5.93. The second-order valence-corrected chi connectivity index (χ2v) is 7.63. The number of ether oxygens (including phenoxy) is 1. The standard InChI is InChI=1S/C25H27N3O/c1-28(2)13-7-12-24-25(22-10-4-5-11-23(22)27-24)20-14-19(16-26-17-20)18-8-6-9-21(15-18)29-3/h4-6,8-11,14-17,27H,7,12-13H2,1-3H3. The van der Waals surface area contributed by atoms with Crippen molar-refractivity contribution < 1.29 is 4.74 Å². The van der Waals surface area contributed by atoms with Crippen LogP contribution in [0.2, 0.25) is 0 Å². The molecule has 0 radical (unpaired) electrons. The average Bonchev–Trinajstić information content (AvgIpc) is 3.12. The van der Waals surface area contributed by atoms with Crippen molar-refractivity contribution in [3.63, 3.8) is 0 Å². The van der Waals surface area contributed by atoms with Gasteiger partial charge in [0.25, 0.3) is 0 Å². The van der Waals surface area contributed by atoms with E-state index >= 15 is 0 Å². The molecule has 0 saturated carbocycles. The summed E-state index contributed by atoms with van der Waals surface area (Å²) in [6, 6.07) is 18.9. The number of benzene rings is 2. The number of hydrogen-bond acceptors (Lipinski definition) is 3. The van der Waals surface area contributed by atoms with E-state index in [9.17, 15) is 0 Å². The maximum Gasteiger partial charge on any atom is 0.119 e. The van der Waals surface area contributed by atoms with Gasteiger partial charge in [-0.2, -0.15) is 0 Å². The van der Waals surface area contributed by atoms with Crippen LogP contribution in [0.15, 0.2) is 67.0 Å². The van der Waals surface area contributed by atoms with E-state index < -0.39 is 0 Å². The second kappa shape index (κ2) is 8.50. The first-order chi connectivity index (χ1) is 14.2. The summed E-state index contributed by atoms with van der Waals surface area (Å²) in [6.45, 7) is 1.07. The van der Waals surface area contributed by atoms with Crippen molar-refractivity contribution in [2.45, 2.75) is 12.8 Å². The predicted octanol–water partition coefficient (Wildman–Crippen LogP) is 5.40. The predicted molar refractivity (Wildman–Crippen MR) is 120 cm³/mol. The summed E-state index contributed by atoms with van der Waals surface area (Å²) >= 11 is 0. The molecule has 4 rings (SSSR count). The molecule has 0 amide bonds. The molecule has 0 aliphatic rings. The lowest BCUT2D eigenvalue weighted by molar-refractivity contribution is 0.400. The van der Waals surface area contributed by atoms with Crippen molar-refractivity contribution in [1.29, 1.82) is 0 Å². The molecule has 0 atom stereocenters. The number of rotatable bonds is 7. The topological polar surface area (TPSA) is 41.1 Å². The molecular weight excluding hydrogens is 358 g/mol. The van der Waals surface area contributed by atoms with Gasteiger partial charge < -0.3 is 14.6 Å². The van der Waals surface area contributed by atoms with Gasteiger partial charge in [0.15, 0.2) is 0 Å². The van der Waals surface area contributed by atoms with E-state index in [2.05, 4.69) is 65.4 Å². The number of fused-ring (bicyclic) bond motifs is 1. The molecule has 0 saturated heterocycles. The first-order valence-corrected chi connectivity index (χ1v) is 10.00. The summed E-state index contributed by atoms with van der Waals surface area (Å²) < 4.78 is 5.39. The van der Waals surface area contributed by atoms with E-state index in [1.165, 1.54) is 22.2 Å². The highest BCUT2D eigenvalue weighted by molar-refractivity contribution is 5.98. The molecule has 29 heavy (non-hydrogen) atoms. The Hall–Kier alpha value is -3.11. The Morgan fingerprint density at radius 3 is 2.59 bits per heavy atom. The minimum atomic E-state index is 0.851. The fourth-order valence-electron chi connectivity index (χ4n) is 3.82. The summed E-state index contributed by atoms with van der Waals surface area (Å²) in [4.78, 5) is 10.4. The number of pyridine rings is 1. The van der Waals surface area contributed by atoms with Gasteiger partial charge in [-0.1, -0.05) is 30.3 Å². The number of aromatic amines is 1. The number of nitrogens with one attached hydrogen (secondary N) is 1. The number of H-pyrrole nitrogens is 1. The van der Waals surface area contributed by atoms with Crippen molar-refractivity contribution >= 4 is 10.9 Å². The highest BCUT2D eigenvalue weighted by atomic mass is 16.5. The van der Waals surface area contributed by atoms with Gasteiger partial charge in [-0.25, -0.2) is 0 Å². The highest BCUT2D eigenvalue weighted by Gasteiger charge is 2.14. The van der Waals surface area contributed by atoms with Crippen molar-refractivity contribution in [2.24, 2.45) is 0 Å². The van der Waals surface area contributed by atoms with Gasteiger partial charge in [0.05, 0.1) is 7.11 Å². The van der Waals surface area contributed by atoms with Gasteiger partial charge in [0.2, 0.25) is 0 Å². The van der Waals surface area contributed by atoms with Crippen molar-refractivity contribution in [2.75, 3.05) is 27.7 Å². The van der Waals surface area contributed by atoms with Gasteiger partial charge in [0.1, 0.15) is 5.75 Å². The fraction of sp³-hybridized carbons (Fsp3) is 0.240. The molecule has 2 aromatic heterocycles. The zero-order valence-electron chi connectivity index (χ0n) is 17.3. The third-order valence-electron chi connectivity index (χ3n) is 5.25. The van der Waals surface area contributed by atoms with Crippen LogP contribution in [0, 0.1) is 0 Å². The normalized spacial score (nSPS) is 11.3. The minimum absolute atomic E-state index is 0.851. The Balaban J connectivity index is 1.77. The monoisotopic (exact) mass is 385 g/mol. The number of hydrogen-bond donors (Lipinski definition) is 1. The lowest BCUT2D eigenvalue weighted by Crippen LogP contribution is -2.13. The molecule has 0 unspecified atom stereocenters. The van der Waals surface area contributed by atoms with E-state index in [4.69, 9.17) is 4.74 Å². The maximum atomic E-state index is 5.39. The summed E-state index contributed by atoms with van der Waals surface area (Å²) in [6.07, 6.45) is 6.00. The highest BCUT2D eigenvalue weighted by Crippen LogP contribution is 2.35. The first kappa shape index (κ1) is 19.2. The Labute approximate surface area is 172 Å². The van der Waals surface area contributed by atoms with Crippen LogP contribution in [-0.2, 0) is 6.42 Å². The summed E-state index contributed by atoms with van der Waals surface area (Å²) in [5, 5.41) is 1.25. The van der Waals surface area contributed by atoms with Crippen LogP contribution in [0.25, 0.3) is 33.2 Å². The van der Waals surface area contributed by atoms with Crippen LogP contribution in [0.3, 0.4) is 0 Å². The molecule has 0 spiro atoms. The quantitative estimate of drug-likeness (QED) is 0.463. The fourth-order valence-corrected chi connectivity index (χ4v) is 3.82. The molecule has 4 heteroatoms. The Bertz CT molecular complexity index is 1110. The molecule has 0 fully saturated rings.